The van der Waals surface area contributed by atoms with Gasteiger partial charge >= 0.3 is 0 Å². The molecule has 0 saturated carbocycles. The first-order chi connectivity index (χ1) is 7.31. The summed E-state index contributed by atoms with van der Waals surface area (Å²) in [4.78, 5) is 0. The van der Waals surface area contributed by atoms with Crippen molar-refractivity contribution in [1.82, 2.24) is 0 Å². The Labute approximate surface area is 88.7 Å². The van der Waals surface area contributed by atoms with E-state index in [1.165, 1.54) is 0 Å². The van der Waals surface area contributed by atoms with Gasteiger partial charge in [-0.15, -0.1) is 0 Å². The van der Waals surface area contributed by atoms with Crippen LogP contribution in [0.3, 0.4) is 0 Å². The summed E-state index contributed by atoms with van der Waals surface area (Å²) in [5.41, 5.74) is 6.32. The molecule has 15 heavy (non-hydrogen) atoms. The van der Waals surface area contributed by atoms with Crippen LogP contribution in [0.25, 0.3) is 10.8 Å². The lowest BCUT2D eigenvalue weighted by Gasteiger charge is -2.08. The Morgan fingerprint density at radius 1 is 1.07 bits per heavy atom. The van der Waals surface area contributed by atoms with Gasteiger partial charge in [-0.2, -0.15) is 0 Å². The molecular weight excluding hydrogens is 189 g/mol. The first-order valence-electron chi connectivity index (χ1n) is 5.12. The molecule has 2 aromatic carbocycles. The predicted molar refractivity (Wildman–Crippen MR) is 61.6 cm³/mol. The Hall–Kier alpha value is -1.41. The Morgan fingerprint density at radius 2 is 1.80 bits per heavy atom. The smallest absolute Gasteiger partial charge is 0.116 e. The zero-order chi connectivity index (χ0) is 10.7. The van der Waals surface area contributed by atoms with Crippen LogP contribution >= 0.6 is 0 Å². The Morgan fingerprint density at radius 3 is 2.60 bits per heavy atom. The molecule has 0 heterocycles. The standard InChI is InChI=1S/C13H14FN/c14-12(9-15)8-11-6-3-5-10-4-1-2-7-13(10)11/h1-7,12H,8-9,15H2/t12-/m0/s1. The predicted octanol–water partition coefficient (Wildman–Crippen LogP) is 2.68. The minimum Gasteiger partial charge on any atom is -0.328 e. The molecule has 0 aliphatic rings. The van der Waals surface area contributed by atoms with Gasteiger partial charge in [-0.3, -0.25) is 0 Å². The van der Waals surface area contributed by atoms with Gasteiger partial charge in [-0.25, -0.2) is 4.39 Å². The summed E-state index contributed by atoms with van der Waals surface area (Å²) < 4.78 is 13.2. The third-order valence-corrected chi connectivity index (χ3v) is 2.58. The average Bonchev–Trinajstić information content (AvgIpc) is 2.29. The number of fused-ring (bicyclic) bond motifs is 1. The molecule has 1 atom stereocenters. The third kappa shape index (κ3) is 2.16. The summed E-state index contributed by atoms with van der Waals surface area (Å²) in [7, 11) is 0. The second kappa shape index (κ2) is 4.41. The van der Waals surface area contributed by atoms with Crippen LogP contribution in [-0.2, 0) is 6.42 Å². The van der Waals surface area contributed by atoms with Gasteiger partial charge in [-0.1, -0.05) is 42.5 Å². The summed E-state index contributed by atoms with van der Waals surface area (Å²) in [5, 5.41) is 2.27. The van der Waals surface area contributed by atoms with Crippen LogP contribution in [0.1, 0.15) is 5.56 Å². The average molecular weight is 203 g/mol. The van der Waals surface area contributed by atoms with E-state index in [4.69, 9.17) is 5.73 Å². The molecule has 0 spiro atoms. The lowest BCUT2D eigenvalue weighted by Crippen LogP contribution is -2.17. The highest BCUT2D eigenvalue weighted by Crippen LogP contribution is 2.20. The second-order valence-corrected chi connectivity index (χ2v) is 3.68. The Kier molecular flexibility index (Phi) is 2.97. The van der Waals surface area contributed by atoms with Crippen LogP contribution in [0.2, 0.25) is 0 Å². The van der Waals surface area contributed by atoms with E-state index < -0.39 is 6.17 Å². The summed E-state index contributed by atoms with van der Waals surface area (Å²) in [6.07, 6.45) is -0.548. The molecule has 2 heteroatoms. The number of nitrogens with two attached hydrogens (primary N) is 1. The molecule has 0 fully saturated rings. The first-order valence-corrected chi connectivity index (χ1v) is 5.12. The molecule has 0 aromatic heterocycles. The van der Waals surface area contributed by atoms with E-state index in [1.807, 2.05) is 42.5 Å². The van der Waals surface area contributed by atoms with Crippen molar-refractivity contribution in [2.75, 3.05) is 6.54 Å². The lowest BCUT2D eigenvalue weighted by molar-refractivity contribution is 0.341. The number of benzene rings is 2. The normalized spacial score (nSPS) is 12.9. The minimum absolute atomic E-state index is 0.0865. The second-order valence-electron chi connectivity index (χ2n) is 3.68. The van der Waals surface area contributed by atoms with Crippen molar-refractivity contribution in [2.45, 2.75) is 12.6 Å². The minimum atomic E-state index is -0.948. The van der Waals surface area contributed by atoms with Gasteiger partial charge in [-0.05, 0) is 16.3 Å². The fourth-order valence-corrected chi connectivity index (χ4v) is 1.79. The molecule has 0 aliphatic carbocycles. The van der Waals surface area contributed by atoms with Gasteiger partial charge < -0.3 is 5.73 Å². The summed E-state index contributed by atoms with van der Waals surface area (Å²) in [6.45, 7) is 0.0865. The molecule has 2 N–H and O–H groups in total. The maximum absolute atomic E-state index is 13.2. The lowest BCUT2D eigenvalue weighted by atomic mass is 10.0. The van der Waals surface area contributed by atoms with Crippen molar-refractivity contribution in [3.05, 3.63) is 48.0 Å². The van der Waals surface area contributed by atoms with Crippen molar-refractivity contribution in [3.63, 3.8) is 0 Å². The van der Waals surface area contributed by atoms with E-state index in [0.29, 0.717) is 6.42 Å². The Balaban J connectivity index is 2.42. The highest BCUT2D eigenvalue weighted by molar-refractivity contribution is 5.85. The number of halogens is 1. The topological polar surface area (TPSA) is 26.0 Å². The van der Waals surface area contributed by atoms with Crippen molar-refractivity contribution in [1.29, 1.82) is 0 Å². The van der Waals surface area contributed by atoms with Crippen molar-refractivity contribution in [2.24, 2.45) is 5.73 Å². The summed E-state index contributed by atoms with van der Waals surface area (Å²) in [6, 6.07) is 14.0. The molecule has 0 aliphatic heterocycles. The van der Waals surface area contributed by atoms with E-state index in [1.54, 1.807) is 0 Å². The number of rotatable bonds is 3. The summed E-state index contributed by atoms with van der Waals surface area (Å²) >= 11 is 0. The largest absolute Gasteiger partial charge is 0.328 e. The zero-order valence-electron chi connectivity index (χ0n) is 8.49. The van der Waals surface area contributed by atoms with Gasteiger partial charge in [0, 0.05) is 13.0 Å². The van der Waals surface area contributed by atoms with Crippen LogP contribution in [0, 0.1) is 0 Å². The Bertz CT molecular complexity index is 448. The maximum atomic E-state index is 13.2. The monoisotopic (exact) mass is 203 g/mol. The van der Waals surface area contributed by atoms with Gasteiger partial charge in [0.2, 0.25) is 0 Å². The molecular formula is C13H14FN. The highest BCUT2D eigenvalue weighted by atomic mass is 19.1. The maximum Gasteiger partial charge on any atom is 0.116 e. The molecule has 0 unspecified atom stereocenters. The molecule has 0 saturated heterocycles. The third-order valence-electron chi connectivity index (χ3n) is 2.58. The van der Waals surface area contributed by atoms with Crippen molar-refractivity contribution < 1.29 is 4.39 Å². The number of alkyl halides is 1. The van der Waals surface area contributed by atoms with E-state index in [-0.39, 0.29) is 6.54 Å². The van der Waals surface area contributed by atoms with Gasteiger partial charge in [0.05, 0.1) is 0 Å². The van der Waals surface area contributed by atoms with Crippen molar-refractivity contribution in [3.8, 4) is 0 Å². The van der Waals surface area contributed by atoms with Crippen LogP contribution in [0.5, 0.6) is 0 Å². The van der Waals surface area contributed by atoms with Gasteiger partial charge in [0.15, 0.2) is 0 Å². The number of hydrogen-bond acceptors (Lipinski definition) is 1. The van der Waals surface area contributed by atoms with Crippen LogP contribution < -0.4 is 5.73 Å². The molecule has 2 rings (SSSR count). The molecule has 2 aromatic rings. The van der Waals surface area contributed by atoms with Gasteiger partial charge in [0.25, 0.3) is 0 Å². The zero-order valence-corrected chi connectivity index (χ0v) is 8.49. The van der Waals surface area contributed by atoms with E-state index in [0.717, 1.165) is 16.3 Å². The molecule has 78 valence electrons. The van der Waals surface area contributed by atoms with Crippen LogP contribution in [0.15, 0.2) is 42.5 Å². The summed E-state index contributed by atoms with van der Waals surface area (Å²) in [5.74, 6) is 0. The van der Waals surface area contributed by atoms with Gasteiger partial charge in [0.1, 0.15) is 6.17 Å². The van der Waals surface area contributed by atoms with Crippen molar-refractivity contribution >= 4 is 10.8 Å². The quantitative estimate of drug-likeness (QED) is 0.815. The highest BCUT2D eigenvalue weighted by Gasteiger charge is 2.07. The van der Waals surface area contributed by atoms with E-state index in [9.17, 15) is 4.39 Å². The fraction of sp³-hybridized carbons (Fsp3) is 0.231. The number of hydrogen-bond donors (Lipinski definition) is 1. The molecule has 1 nitrogen and oxygen atoms in total. The van der Waals surface area contributed by atoms with Crippen LogP contribution in [0.4, 0.5) is 4.39 Å². The van der Waals surface area contributed by atoms with E-state index in [2.05, 4.69) is 0 Å². The molecule has 0 amide bonds. The fourth-order valence-electron chi connectivity index (χ4n) is 1.79. The van der Waals surface area contributed by atoms with Crippen LogP contribution in [-0.4, -0.2) is 12.7 Å². The van der Waals surface area contributed by atoms with E-state index >= 15 is 0 Å². The SMILES string of the molecule is NC[C@@H](F)Cc1cccc2ccccc12. The molecule has 0 radical (unpaired) electrons. The first kappa shape index (κ1) is 10.1. The molecule has 0 bridgehead atoms.